The zero-order valence-corrected chi connectivity index (χ0v) is 9.34. The summed E-state index contributed by atoms with van der Waals surface area (Å²) in [6.07, 6.45) is 1.74. The third-order valence-electron chi connectivity index (χ3n) is 2.99. The number of hydrogen-bond acceptors (Lipinski definition) is 3. The maximum absolute atomic E-state index is 11.3. The summed E-state index contributed by atoms with van der Waals surface area (Å²) in [7, 11) is 0. The van der Waals surface area contributed by atoms with Crippen molar-refractivity contribution in [1.82, 2.24) is 15.1 Å². The Hall–Kier alpha value is -1.16. The van der Waals surface area contributed by atoms with Crippen molar-refractivity contribution in [1.29, 1.82) is 0 Å². The lowest BCUT2D eigenvalue weighted by molar-refractivity contribution is -0.122. The number of hydrogen-bond donors (Lipinski definition) is 1. The van der Waals surface area contributed by atoms with Gasteiger partial charge < -0.3 is 0 Å². The maximum atomic E-state index is 11.3. The van der Waals surface area contributed by atoms with E-state index in [0.29, 0.717) is 12.3 Å². The van der Waals surface area contributed by atoms with E-state index in [0.717, 1.165) is 37.3 Å². The number of aromatic nitrogens is 2. The highest BCUT2D eigenvalue weighted by molar-refractivity contribution is 5.81. The van der Waals surface area contributed by atoms with Crippen molar-refractivity contribution in [3.8, 4) is 0 Å². The third kappa shape index (κ3) is 2.26. The van der Waals surface area contributed by atoms with E-state index >= 15 is 0 Å². The Morgan fingerprint density at radius 3 is 2.87 bits per heavy atom. The second kappa shape index (κ2) is 4.14. The molecule has 1 aliphatic heterocycles. The number of rotatable bonds is 2. The van der Waals surface area contributed by atoms with Gasteiger partial charge >= 0.3 is 0 Å². The minimum absolute atomic E-state index is 0.361. The van der Waals surface area contributed by atoms with Crippen molar-refractivity contribution in [2.45, 2.75) is 33.2 Å². The number of nitrogens with one attached hydrogen (secondary N) is 1. The first-order valence-electron chi connectivity index (χ1n) is 5.41. The van der Waals surface area contributed by atoms with Gasteiger partial charge in [-0.05, 0) is 26.8 Å². The van der Waals surface area contributed by atoms with Gasteiger partial charge in [-0.3, -0.25) is 14.8 Å². The van der Waals surface area contributed by atoms with Crippen molar-refractivity contribution in [3.05, 3.63) is 17.0 Å². The van der Waals surface area contributed by atoms with Gasteiger partial charge in [0, 0.05) is 24.2 Å². The van der Waals surface area contributed by atoms with Crippen molar-refractivity contribution in [3.63, 3.8) is 0 Å². The highest BCUT2D eigenvalue weighted by Crippen LogP contribution is 2.15. The molecule has 1 aromatic heterocycles. The summed E-state index contributed by atoms with van der Waals surface area (Å²) in [6.45, 7) is 6.51. The molecule has 1 fully saturated rings. The molecule has 1 aromatic rings. The van der Waals surface area contributed by atoms with E-state index in [1.165, 1.54) is 5.56 Å². The molecule has 4 heteroatoms. The summed E-state index contributed by atoms with van der Waals surface area (Å²) in [4.78, 5) is 13.5. The molecule has 0 bridgehead atoms. The van der Waals surface area contributed by atoms with Gasteiger partial charge in [-0.1, -0.05) is 0 Å². The molecule has 15 heavy (non-hydrogen) atoms. The average molecular weight is 207 g/mol. The van der Waals surface area contributed by atoms with Crippen LogP contribution in [-0.4, -0.2) is 34.0 Å². The zero-order chi connectivity index (χ0) is 10.8. The van der Waals surface area contributed by atoms with E-state index in [4.69, 9.17) is 0 Å². The summed E-state index contributed by atoms with van der Waals surface area (Å²) in [5.41, 5.74) is 3.40. The SMILES string of the molecule is Cc1n[nH]c(C)c1CN1CCCC(=O)C1. The largest absolute Gasteiger partial charge is 0.298 e. The molecule has 2 heterocycles. The number of carbonyl (C=O) groups is 1. The van der Waals surface area contributed by atoms with E-state index in [-0.39, 0.29) is 0 Å². The molecule has 2 rings (SSSR count). The number of aromatic amines is 1. The average Bonchev–Trinajstić information content (AvgIpc) is 2.50. The molecular weight excluding hydrogens is 190 g/mol. The van der Waals surface area contributed by atoms with E-state index in [1.807, 2.05) is 13.8 Å². The molecule has 0 saturated carbocycles. The van der Waals surface area contributed by atoms with Crippen LogP contribution in [0.1, 0.15) is 29.8 Å². The summed E-state index contributed by atoms with van der Waals surface area (Å²) in [5.74, 6) is 0.361. The molecule has 0 aromatic carbocycles. The molecule has 0 radical (unpaired) electrons. The number of piperidine rings is 1. The van der Waals surface area contributed by atoms with Crippen LogP contribution in [0.3, 0.4) is 0 Å². The second-order valence-corrected chi connectivity index (χ2v) is 4.27. The molecule has 4 nitrogen and oxygen atoms in total. The van der Waals surface area contributed by atoms with Crippen molar-refractivity contribution >= 4 is 5.78 Å². The Balaban J connectivity index is 2.05. The number of ketones is 1. The number of aryl methyl sites for hydroxylation is 2. The van der Waals surface area contributed by atoms with Gasteiger partial charge in [-0.15, -0.1) is 0 Å². The van der Waals surface area contributed by atoms with E-state index in [2.05, 4.69) is 15.1 Å². The van der Waals surface area contributed by atoms with Crippen LogP contribution in [0.25, 0.3) is 0 Å². The standard InChI is InChI=1S/C11H17N3O/c1-8-11(9(2)13-12-8)7-14-5-3-4-10(15)6-14/h3-7H2,1-2H3,(H,12,13). The smallest absolute Gasteiger partial charge is 0.146 e. The highest BCUT2D eigenvalue weighted by atomic mass is 16.1. The molecule has 82 valence electrons. The van der Waals surface area contributed by atoms with Crippen LogP contribution < -0.4 is 0 Å². The lowest BCUT2D eigenvalue weighted by Gasteiger charge is -2.25. The first-order valence-corrected chi connectivity index (χ1v) is 5.41. The number of nitrogens with zero attached hydrogens (tertiary/aromatic N) is 2. The van der Waals surface area contributed by atoms with Crippen molar-refractivity contribution < 1.29 is 4.79 Å². The minimum atomic E-state index is 0.361. The van der Waals surface area contributed by atoms with Crippen molar-refractivity contribution in [2.24, 2.45) is 0 Å². The lowest BCUT2D eigenvalue weighted by Crippen LogP contribution is -2.35. The first-order chi connectivity index (χ1) is 7.16. The van der Waals surface area contributed by atoms with Crippen LogP contribution in [-0.2, 0) is 11.3 Å². The van der Waals surface area contributed by atoms with Crippen molar-refractivity contribution in [2.75, 3.05) is 13.1 Å². The summed E-state index contributed by atoms with van der Waals surface area (Å²) in [5, 5.41) is 7.14. The predicted molar refractivity (Wildman–Crippen MR) is 57.6 cm³/mol. The maximum Gasteiger partial charge on any atom is 0.146 e. The lowest BCUT2D eigenvalue weighted by atomic mass is 10.1. The summed E-state index contributed by atoms with van der Waals surface area (Å²) in [6, 6.07) is 0. The molecule has 1 N–H and O–H groups in total. The van der Waals surface area contributed by atoms with Gasteiger partial charge in [0.1, 0.15) is 5.78 Å². The fourth-order valence-electron chi connectivity index (χ4n) is 2.07. The monoisotopic (exact) mass is 207 g/mol. The zero-order valence-electron chi connectivity index (χ0n) is 9.34. The normalized spacial score (nSPS) is 18.4. The highest BCUT2D eigenvalue weighted by Gasteiger charge is 2.18. The predicted octanol–water partition coefficient (Wildman–Crippen LogP) is 1.19. The number of carbonyl (C=O) groups excluding carboxylic acids is 1. The van der Waals surface area contributed by atoms with Crippen LogP contribution in [0, 0.1) is 13.8 Å². The van der Waals surface area contributed by atoms with Gasteiger partial charge in [0.2, 0.25) is 0 Å². The molecule has 0 aliphatic carbocycles. The molecule has 0 atom stereocenters. The second-order valence-electron chi connectivity index (χ2n) is 4.27. The van der Waals surface area contributed by atoms with E-state index < -0.39 is 0 Å². The van der Waals surface area contributed by atoms with Crippen LogP contribution in [0.2, 0.25) is 0 Å². The van der Waals surface area contributed by atoms with Crippen LogP contribution in [0.4, 0.5) is 0 Å². The van der Waals surface area contributed by atoms with Gasteiger partial charge in [-0.25, -0.2) is 0 Å². The molecule has 0 spiro atoms. The fraction of sp³-hybridized carbons (Fsp3) is 0.636. The Labute approximate surface area is 89.7 Å². The first kappa shape index (κ1) is 10.4. The van der Waals surface area contributed by atoms with Crippen LogP contribution in [0.15, 0.2) is 0 Å². The Morgan fingerprint density at radius 1 is 1.47 bits per heavy atom. The van der Waals surface area contributed by atoms with E-state index in [9.17, 15) is 4.79 Å². The summed E-state index contributed by atoms with van der Waals surface area (Å²) >= 11 is 0. The molecule has 0 amide bonds. The van der Waals surface area contributed by atoms with Gasteiger partial charge in [-0.2, -0.15) is 5.10 Å². The van der Waals surface area contributed by atoms with Gasteiger partial charge in [0.25, 0.3) is 0 Å². The van der Waals surface area contributed by atoms with Crippen LogP contribution in [0.5, 0.6) is 0 Å². The van der Waals surface area contributed by atoms with Gasteiger partial charge in [0.15, 0.2) is 0 Å². The van der Waals surface area contributed by atoms with Gasteiger partial charge in [0.05, 0.1) is 12.2 Å². The number of likely N-dealkylation sites (tertiary alicyclic amines) is 1. The number of H-pyrrole nitrogens is 1. The van der Waals surface area contributed by atoms with Crippen LogP contribution >= 0.6 is 0 Å². The fourth-order valence-corrected chi connectivity index (χ4v) is 2.07. The van der Waals surface area contributed by atoms with E-state index in [1.54, 1.807) is 0 Å². The Kier molecular flexibility index (Phi) is 2.86. The topological polar surface area (TPSA) is 49.0 Å². The third-order valence-corrected chi connectivity index (χ3v) is 2.99. The quantitative estimate of drug-likeness (QED) is 0.792. The summed E-state index contributed by atoms with van der Waals surface area (Å²) < 4.78 is 0. The molecule has 0 unspecified atom stereocenters. The molecule has 1 saturated heterocycles. The minimum Gasteiger partial charge on any atom is -0.298 e. The Bertz CT molecular complexity index is 350. The Morgan fingerprint density at radius 2 is 2.27 bits per heavy atom. The molecule has 1 aliphatic rings. The molecular formula is C11H17N3O. The number of Topliss-reactive ketones (excluding diaryl/α,β-unsaturated/α-hetero) is 1.